The third kappa shape index (κ3) is 7.03. The second kappa shape index (κ2) is 12.5. The molecule has 0 radical (unpaired) electrons. The molecular weight excluding hydrogens is 642 g/mol. The van der Waals surface area contributed by atoms with E-state index in [-0.39, 0.29) is 28.3 Å². The van der Waals surface area contributed by atoms with Crippen molar-refractivity contribution in [2.45, 2.75) is 71.1 Å². The third-order valence-corrected chi connectivity index (χ3v) is 13.1. The van der Waals surface area contributed by atoms with Gasteiger partial charge in [-0.05, 0) is 73.4 Å². The highest BCUT2D eigenvalue weighted by Crippen LogP contribution is 2.40. The highest BCUT2D eigenvalue weighted by Gasteiger charge is 2.38. The molecule has 13 heteroatoms. The van der Waals surface area contributed by atoms with Crippen LogP contribution in [0.5, 0.6) is 0 Å². The highest BCUT2D eigenvalue weighted by atomic mass is 28.4. The molecule has 0 saturated carbocycles. The molecule has 3 aromatic heterocycles. The van der Waals surface area contributed by atoms with E-state index in [1.807, 2.05) is 24.3 Å². The van der Waals surface area contributed by atoms with Crippen molar-refractivity contribution in [3.63, 3.8) is 0 Å². The molecule has 5 rings (SSSR count). The second-order valence-electron chi connectivity index (χ2n) is 13.7. The average Bonchev–Trinajstić information content (AvgIpc) is 3.45. The van der Waals surface area contributed by atoms with Gasteiger partial charge in [-0.2, -0.15) is 13.2 Å². The van der Waals surface area contributed by atoms with Crippen LogP contribution in [-0.4, -0.2) is 38.7 Å². The Hall–Kier alpha value is -4.46. The molecule has 0 bridgehead atoms. The van der Waals surface area contributed by atoms with Crippen molar-refractivity contribution < 1.29 is 31.9 Å². The van der Waals surface area contributed by atoms with E-state index in [4.69, 9.17) is 4.43 Å². The van der Waals surface area contributed by atoms with Crippen LogP contribution in [0.4, 0.5) is 23.2 Å². The number of carbonyl (C=O) groups excluding carboxylic acids is 1. The molecule has 0 aliphatic carbocycles. The molecule has 0 spiro atoms. The highest BCUT2D eigenvalue weighted by molar-refractivity contribution is 6.74. The number of hydrogen-bond acceptors (Lipinski definition) is 6. The summed E-state index contributed by atoms with van der Waals surface area (Å²) in [5.41, 5.74) is -0.927. The quantitative estimate of drug-likeness (QED) is 0.126. The molecule has 0 saturated heterocycles. The van der Waals surface area contributed by atoms with Gasteiger partial charge in [0, 0.05) is 29.7 Å². The van der Waals surface area contributed by atoms with Gasteiger partial charge in [-0.15, -0.1) is 0 Å². The van der Waals surface area contributed by atoms with Crippen molar-refractivity contribution in [3.8, 4) is 22.5 Å². The van der Waals surface area contributed by atoms with Crippen molar-refractivity contribution in [2.75, 3.05) is 5.32 Å². The Kier molecular flexibility index (Phi) is 9.10. The first kappa shape index (κ1) is 34.9. The Labute approximate surface area is 277 Å². The molecule has 2 N–H and O–H groups in total. The van der Waals surface area contributed by atoms with Gasteiger partial charge in [0.05, 0.1) is 35.3 Å². The van der Waals surface area contributed by atoms with E-state index < -0.39 is 48.5 Å². The molecular formula is C35H37F4N5O3Si. The number of anilines is 1. The lowest BCUT2D eigenvalue weighted by Crippen LogP contribution is -2.40. The molecule has 0 atom stereocenters. The maximum Gasteiger partial charge on any atom is 0.417 e. The van der Waals surface area contributed by atoms with Crippen LogP contribution in [0.15, 0.2) is 73.3 Å². The monoisotopic (exact) mass is 679 g/mol. The Morgan fingerprint density at radius 2 is 1.65 bits per heavy atom. The van der Waals surface area contributed by atoms with Gasteiger partial charge in [0.2, 0.25) is 0 Å². The van der Waals surface area contributed by atoms with Gasteiger partial charge in [0.25, 0.3) is 5.91 Å². The Morgan fingerprint density at radius 1 is 0.958 bits per heavy atom. The molecule has 0 aliphatic heterocycles. The minimum Gasteiger partial charge on any atom is -0.413 e. The van der Waals surface area contributed by atoms with Gasteiger partial charge in [-0.25, -0.2) is 19.3 Å². The third-order valence-electron chi connectivity index (χ3n) is 8.65. The van der Waals surface area contributed by atoms with Gasteiger partial charge in [0.1, 0.15) is 11.4 Å². The zero-order valence-electron chi connectivity index (χ0n) is 27.7. The number of nitrogens with one attached hydrogen (secondary N) is 1. The summed E-state index contributed by atoms with van der Waals surface area (Å²) in [6.07, 6.45) is 0.724. The molecule has 8 nitrogen and oxygen atoms in total. The lowest BCUT2D eigenvalue weighted by molar-refractivity contribution is -0.137. The van der Waals surface area contributed by atoms with Gasteiger partial charge in [-0.3, -0.25) is 9.20 Å². The van der Waals surface area contributed by atoms with Crippen molar-refractivity contribution >= 4 is 25.6 Å². The molecule has 0 aliphatic rings. The van der Waals surface area contributed by atoms with Crippen molar-refractivity contribution in [1.82, 2.24) is 19.4 Å². The number of pyridine rings is 1. The van der Waals surface area contributed by atoms with Crippen molar-refractivity contribution in [3.05, 3.63) is 102 Å². The number of aromatic nitrogens is 4. The van der Waals surface area contributed by atoms with E-state index in [1.165, 1.54) is 24.7 Å². The van der Waals surface area contributed by atoms with Crippen LogP contribution in [0.3, 0.4) is 0 Å². The fourth-order valence-corrected chi connectivity index (χ4v) is 5.92. The van der Waals surface area contributed by atoms with Crippen LogP contribution in [0.1, 0.15) is 61.8 Å². The van der Waals surface area contributed by atoms with Crippen LogP contribution >= 0.6 is 0 Å². The van der Waals surface area contributed by atoms with Crippen LogP contribution in [-0.2, 0) is 22.8 Å². The average molecular weight is 680 g/mol. The molecule has 48 heavy (non-hydrogen) atoms. The lowest BCUT2D eigenvalue weighted by atomic mass is 10.00. The van der Waals surface area contributed by atoms with Crippen LogP contribution < -0.4 is 5.32 Å². The molecule has 3 heterocycles. The number of fused-ring (bicyclic) bond motifs is 1. The van der Waals surface area contributed by atoms with Gasteiger partial charge in [0.15, 0.2) is 19.8 Å². The van der Waals surface area contributed by atoms with E-state index in [2.05, 4.69) is 54.1 Å². The summed E-state index contributed by atoms with van der Waals surface area (Å²) in [5, 5.41) is 13.5. The first-order chi connectivity index (χ1) is 22.3. The normalized spacial score (nSPS) is 12.8. The fraction of sp³-hybridized carbons (Fsp3) is 0.314. The molecule has 0 unspecified atom stereocenters. The van der Waals surface area contributed by atoms with Gasteiger partial charge in [-0.1, -0.05) is 39.0 Å². The number of nitrogens with zero attached hydrogens (tertiary/aromatic N) is 4. The van der Waals surface area contributed by atoms with Crippen molar-refractivity contribution in [1.29, 1.82) is 0 Å². The zero-order valence-corrected chi connectivity index (χ0v) is 28.7. The maximum atomic E-state index is 15.4. The Morgan fingerprint density at radius 3 is 2.27 bits per heavy atom. The summed E-state index contributed by atoms with van der Waals surface area (Å²) < 4.78 is 65.3. The lowest BCUT2D eigenvalue weighted by Gasteiger charge is -2.36. The SMILES string of the molecule is CC(C)(O)c1cnc2c(NC(=O)c3cc(-c4ncccn4)c(C(F)(F)F)cc3F)c(-c3cccc(CO[Si](C)(C)C(C)(C)C)c3)ccn12. The van der Waals surface area contributed by atoms with E-state index in [1.54, 1.807) is 30.5 Å². The molecule has 2 aromatic carbocycles. The predicted molar refractivity (Wildman–Crippen MR) is 178 cm³/mol. The number of halogens is 4. The number of alkyl halides is 3. The topological polar surface area (TPSA) is 102 Å². The predicted octanol–water partition coefficient (Wildman–Crippen LogP) is 8.62. The number of rotatable bonds is 8. The first-order valence-corrected chi connectivity index (χ1v) is 18.1. The van der Waals surface area contributed by atoms with E-state index in [9.17, 15) is 23.1 Å². The largest absolute Gasteiger partial charge is 0.417 e. The molecule has 252 valence electrons. The molecule has 0 fully saturated rings. The van der Waals surface area contributed by atoms with Crippen LogP contribution in [0, 0.1) is 5.82 Å². The first-order valence-electron chi connectivity index (χ1n) is 15.2. The number of amides is 1. The molecule has 1 amide bonds. The number of aliphatic hydroxyl groups is 1. The van der Waals surface area contributed by atoms with Gasteiger partial charge < -0.3 is 14.8 Å². The summed E-state index contributed by atoms with van der Waals surface area (Å²) in [6, 6.07) is 11.8. The standard InChI is InChI=1S/C35H37F4N5O3Si/c1-33(2,3)48(6,7)47-20-21-10-8-11-22(16-21)23-12-15-44-28(34(4,5)46)19-42-31(44)29(23)43-32(45)25-17-24(30-40-13-9-14-41-30)26(18-27(25)36)35(37,38)39/h8-19,46H,20H2,1-7H3,(H,43,45). The zero-order chi connectivity index (χ0) is 35.2. The van der Waals surface area contributed by atoms with Gasteiger partial charge >= 0.3 is 6.18 Å². The summed E-state index contributed by atoms with van der Waals surface area (Å²) in [6.45, 7) is 14.3. The van der Waals surface area contributed by atoms with E-state index >= 15 is 4.39 Å². The van der Waals surface area contributed by atoms with E-state index in [0.29, 0.717) is 23.4 Å². The minimum absolute atomic E-state index is 0.00599. The second-order valence-corrected chi connectivity index (χ2v) is 18.5. The van der Waals surface area contributed by atoms with Crippen LogP contribution in [0.25, 0.3) is 28.2 Å². The number of hydrogen-bond donors (Lipinski definition) is 2. The minimum atomic E-state index is -4.94. The Balaban J connectivity index is 1.62. The summed E-state index contributed by atoms with van der Waals surface area (Å²) >= 11 is 0. The number of benzene rings is 2. The van der Waals surface area contributed by atoms with Crippen LogP contribution in [0.2, 0.25) is 18.1 Å². The van der Waals surface area contributed by atoms with Crippen molar-refractivity contribution in [2.24, 2.45) is 0 Å². The number of imidazole rings is 1. The fourth-order valence-electron chi connectivity index (χ4n) is 4.96. The molecule has 5 aromatic rings. The number of carbonyl (C=O) groups is 1. The summed E-state index contributed by atoms with van der Waals surface area (Å²) in [7, 11) is -2.07. The Bertz CT molecular complexity index is 1980. The van der Waals surface area contributed by atoms with E-state index in [0.717, 1.165) is 11.6 Å². The summed E-state index contributed by atoms with van der Waals surface area (Å²) in [4.78, 5) is 26.1. The smallest absolute Gasteiger partial charge is 0.413 e. The maximum absolute atomic E-state index is 15.4. The summed E-state index contributed by atoms with van der Waals surface area (Å²) in [5.74, 6) is -2.71.